The third-order valence-corrected chi connectivity index (χ3v) is 4.57. The van der Waals surface area contributed by atoms with E-state index in [1.165, 1.54) is 0 Å². The fourth-order valence-electron chi connectivity index (χ4n) is 3.02. The zero-order valence-corrected chi connectivity index (χ0v) is 13.5. The summed E-state index contributed by atoms with van der Waals surface area (Å²) in [5.41, 5.74) is 2.23. The van der Waals surface area contributed by atoms with Crippen molar-refractivity contribution in [3.8, 4) is 6.07 Å². The second kappa shape index (κ2) is 6.21. The van der Waals surface area contributed by atoms with E-state index in [-0.39, 0.29) is 12.0 Å². The molecule has 7 heteroatoms. The van der Waals surface area contributed by atoms with Crippen molar-refractivity contribution < 1.29 is 9.26 Å². The Kier molecular flexibility index (Phi) is 3.90. The molecule has 2 aliphatic rings. The molecule has 1 aliphatic carbocycles. The Morgan fingerprint density at radius 2 is 2.25 bits per heavy atom. The first kappa shape index (κ1) is 15.1. The predicted molar refractivity (Wildman–Crippen MR) is 85.3 cm³/mol. The van der Waals surface area contributed by atoms with E-state index in [2.05, 4.69) is 26.5 Å². The van der Waals surface area contributed by atoms with Crippen LogP contribution in [0.25, 0.3) is 0 Å². The van der Waals surface area contributed by atoms with E-state index in [4.69, 9.17) is 9.26 Å². The Balaban J connectivity index is 1.45. The maximum atomic E-state index is 9.20. The van der Waals surface area contributed by atoms with Crippen LogP contribution in [0.3, 0.4) is 0 Å². The highest BCUT2D eigenvalue weighted by atomic mass is 16.5. The van der Waals surface area contributed by atoms with Gasteiger partial charge in [-0.1, -0.05) is 5.16 Å². The van der Waals surface area contributed by atoms with Crippen molar-refractivity contribution in [2.75, 3.05) is 18.5 Å². The van der Waals surface area contributed by atoms with E-state index >= 15 is 0 Å². The van der Waals surface area contributed by atoms with Gasteiger partial charge in [-0.15, -0.1) is 0 Å². The van der Waals surface area contributed by atoms with Crippen LogP contribution in [0.2, 0.25) is 0 Å². The second-order valence-corrected chi connectivity index (χ2v) is 6.47. The highest BCUT2D eigenvalue weighted by molar-refractivity contribution is 5.56. The maximum Gasteiger partial charge on any atom is 0.256 e. The summed E-state index contributed by atoms with van der Waals surface area (Å²) in [6.45, 7) is 3.27. The Labute approximate surface area is 140 Å². The number of pyridine rings is 1. The van der Waals surface area contributed by atoms with Crippen LogP contribution in [0.4, 0.5) is 5.69 Å². The number of hydrogen-bond donors (Lipinski definition) is 1. The number of nitrogens with one attached hydrogen (secondary N) is 1. The van der Waals surface area contributed by atoms with E-state index in [1.807, 2.05) is 13.0 Å². The molecule has 1 saturated heterocycles. The van der Waals surface area contributed by atoms with Crippen molar-refractivity contribution in [3.63, 3.8) is 0 Å². The quantitative estimate of drug-likeness (QED) is 0.902. The van der Waals surface area contributed by atoms with Crippen molar-refractivity contribution in [1.29, 1.82) is 5.26 Å². The molecule has 0 radical (unpaired) electrons. The minimum Gasteiger partial charge on any atom is -0.383 e. The molecular formula is C17H19N5O2. The van der Waals surface area contributed by atoms with Gasteiger partial charge < -0.3 is 14.6 Å². The molecule has 7 nitrogen and oxygen atoms in total. The van der Waals surface area contributed by atoms with Gasteiger partial charge in [-0.25, -0.2) is 0 Å². The number of ether oxygens (including phenoxy) is 1. The van der Waals surface area contributed by atoms with Crippen molar-refractivity contribution in [2.24, 2.45) is 5.92 Å². The summed E-state index contributed by atoms with van der Waals surface area (Å²) >= 11 is 0. The smallest absolute Gasteiger partial charge is 0.256 e. The number of rotatable bonds is 5. The number of aryl methyl sites for hydroxylation is 1. The molecule has 0 unspecified atom stereocenters. The van der Waals surface area contributed by atoms with Crippen molar-refractivity contribution in [2.45, 2.75) is 38.2 Å². The van der Waals surface area contributed by atoms with Crippen molar-refractivity contribution in [1.82, 2.24) is 15.1 Å². The normalized spacial score (nSPS) is 23.2. The van der Waals surface area contributed by atoms with Gasteiger partial charge in [0.15, 0.2) is 5.82 Å². The van der Waals surface area contributed by atoms with Crippen molar-refractivity contribution in [3.05, 3.63) is 35.2 Å². The van der Waals surface area contributed by atoms with E-state index in [9.17, 15) is 5.26 Å². The maximum absolute atomic E-state index is 9.20. The highest BCUT2D eigenvalue weighted by Gasteiger charge is 2.36. The molecule has 4 rings (SSSR count). The first-order valence-electron chi connectivity index (χ1n) is 8.30. The van der Waals surface area contributed by atoms with Crippen LogP contribution in [-0.2, 0) is 4.74 Å². The van der Waals surface area contributed by atoms with Crippen LogP contribution in [0, 0.1) is 24.2 Å². The van der Waals surface area contributed by atoms with Crippen LogP contribution >= 0.6 is 0 Å². The Morgan fingerprint density at radius 1 is 1.38 bits per heavy atom. The van der Waals surface area contributed by atoms with Gasteiger partial charge in [0.25, 0.3) is 5.89 Å². The zero-order valence-electron chi connectivity index (χ0n) is 13.5. The highest BCUT2D eigenvalue weighted by Crippen LogP contribution is 2.40. The van der Waals surface area contributed by atoms with E-state index < -0.39 is 0 Å². The van der Waals surface area contributed by atoms with E-state index in [0.717, 1.165) is 36.5 Å². The summed E-state index contributed by atoms with van der Waals surface area (Å²) in [5, 5.41) is 16.6. The standard InChI is InChI=1S/C17H19N5O2/c1-10-6-14(13(7-18)9-19-10)20-8-12-4-5-23-15(12)17-21-16(22-24-17)11-2-3-11/h6,9,11-12,15H,2-5,8H2,1H3,(H,19,20)/t12-,15-/m0/s1. The SMILES string of the molecule is Cc1cc(NC[C@@H]2CCO[C@@H]2c2nc(C3CC3)no2)c(C#N)cn1. The summed E-state index contributed by atoms with van der Waals surface area (Å²) in [6, 6.07) is 4.06. The number of hydrogen-bond acceptors (Lipinski definition) is 7. The monoisotopic (exact) mass is 325 g/mol. The Morgan fingerprint density at radius 3 is 3.04 bits per heavy atom. The summed E-state index contributed by atoms with van der Waals surface area (Å²) < 4.78 is 11.2. The summed E-state index contributed by atoms with van der Waals surface area (Å²) in [6.07, 6.45) is 4.64. The van der Waals surface area contributed by atoms with Gasteiger partial charge in [-0.2, -0.15) is 10.2 Å². The predicted octanol–water partition coefficient (Wildman–Crippen LogP) is 2.71. The lowest BCUT2D eigenvalue weighted by molar-refractivity contribution is 0.0650. The van der Waals surface area contributed by atoms with Gasteiger partial charge in [0, 0.05) is 36.9 Å². The van der Waals surface area contributed by atoms with Crippen LogP contribution in [-0.4, -0.2) is 28.3 Å². The first-order chi connectivity index (χ1) is 11.7. The average molecular weight is 325 g/mol. The molecule has 2 aromatic heterocycles. The third kappa shape index (κ3) is 2.97. The summed E-state index contributed by atoms with van der Waals surface area (Å²) in [7, 11) is 0. The molecule has 0 spiro atoms. The second-order valence-electron chi connectivity index (χ2n) is 6.47. The van der Waals surface area contributed by atoms with Crippen LogP contribution < -0.4 is 5.32 Å². The lowest BCUT2D eigenvalue weighted by Crippen LogP contribution is -2.18. The van der Waals surface area contributed by atoms with Gasteiger partial charge in [0.1, 0.15) is 12.2 Å². The van der Waals surface area contributed by atoms with Crippen LogP contribution in [0.15, 0.2) is 16.8 Å². The van der Waals surface area contributed by atoms with Gasteiger partial charge >= 0.3 is 0 Å². The molecule has 0 aromatic carbocycles. The van der Waals surface area contributed by atoms with E-state index in [0.29, 0.717) is 30.5 Å². The van der Waals surface area contributed by atoms with Gasteiger partial charge in [0.2, 0.25) is 0 Å². The minimum atomic E-state index is -0.175. The fraction of sp³-hybridized carbons (Fsp3) is 0.529. The molecular weight excluding hydrogens is 306 g/mol. The lowest BCUT2D eigenvalue weighted by atomic mass is 10.0. The van der Waals surface area contributed by atoms with Gasteiger partial charge in [0.05, 0.1) is 11.3 Å². The molecule has 2 atom stereocenters. The number of aromatic nitrogens is 3. The largest absolute Gasteiger partial charge is 0.383 e. The molecule has 24 heavy (non-hydrogen) atoms. The minimum absolute atomic E-state index is 0.175. The Hall–Kier alpha value is -2.46. The fourth-order valence-corrected chi connectivity index (χ4v) is 3.02. The van der Waals surface area contributed by atoms with Crippen molar-refractivity contribution >= 4 is 5.69 Å². The lowest BCUT2D eigenvalue weighted by Gasteiger charge is -2.17. The van der Waals surface area contributed by atoms with Gasteiger partial charge in [-0.05, 0) is 32.3 Å². The molecule has 2 aromatic rings. The molecule has 2 fully saturated rings. The molecule has 1 saturated carbocycles. The molecule has 124 valence electrons. The molecule has 3 heterocycles. The number of nitrogens with zero attached hydrogens (tertiary/aromatic N) is 4. The number of nitriles is 1. The molecule has 0 amide bonds. The molecule has 1 aliphatic heterocycles. The zero-order chi connectivity index (χ0) is 16.5. The van der Waals surface area contributed by atoms with Crippen LogP contribution in [0.5, 0.6) is 0 Å². The first-order valence-corrected chi connectivity index (χ1v) is 8.30. The van der Waals surface area contributed by atoms with Crippen LogP contribution in [0.1, 0.15) is 54.3 Å². The molecule has 0 bridgehead atoms. The Bertz CT molecular complexity index is 778. The number of anilines is 1. The van der Waals surface area contributed by atoms with E-state index in [1.54, 1.807) is 6.20 Å². The van der Waals surface area contributed by atoms with Gasteiger partial charge in [-0.3, -0.25) is 4.98 Å². The summed E-state index contributed by atoms with van der Waals surface area (Å²) in [4.78, 5) is 8.67. The average Bonchev–Trinajstić information content (AvgIpc) is 3.14. The summed E-state index contributed by atoms with van der Waals surface area (Å²) in [5.74, 6) is 2.09. The third-order valence-electron chi connectivity index (χ3n) is 4.57. The molecule has 1 N–H and O–H groups in total. The topological polar surface area (TPSA) is 96.9 Å².